The van der Waals surface area contributed by atoms with Crippen LogP contribution in [0, 0.1) is 0 Å². The summed E-state index contributed by atoms with van der Waals surface area (Å²) in [6.45, 7) is 8.61. The Morgan fingerprint density at radius 2 is 1.82 bits per heavy atom. The summed E-state index contributed by atoms with van der Waals surface area (Å²) in [6, 6.07) is 0. The number of carbonyl (C=O) groups is 2. The van der Waals surface area contributed by atoms with E-state index in [-0.39, 0.29) is 5.91 Å². The molecule has 0 aromatic carbocycles. The molecule has 0 aliphatic carbocycles. The molecule has 0 radical (unpaired) electrons. The minimum atomic E-state index is -1.48. The van der Waals surface area contributed by atoms with Crippen molar-refractivity contribution >= 4 is 11.9 Å². The van der Waals surface area contributed by atoms with E-state index in [0.717, 1.165) is 0 Å². The van der Waals surface area contributed by atoms with Crippen molar-refractivity contribution in [1.82, 2.24) is 5.32 Å². The molecule has 0 spiro atoms. The first-order chi connectivity index (χ1) is 7.64. The Morgan fingerprint density at radius 1 is 1.29 bits per heavy atom. The van der Waals surface area contributed by atoms with Crippen molar-refractivity contribution in [2.45, 2.75) is 45.9 Å². The lowest BCUT2D eigenvalue weighted by molar-refractivity contribution is -0.179. The second-order valence-corrected chi connectivity index (χ2v) is 5.09. The van der Waals surface area contributed by atoms with Crippen molar-refractivity contribution in [2.24, 2.45) is 0 Å². The number of hydrogen-bond donors (Lipinski definition) is 1. The van der Waals surface area contributed by atoms with Gasteiger partial charge in [0.2, 0.25) is 5.91 Å². The summed E-state index contributed by atoms with van der Waals surface area (Å²) in [5.41, 5.74) is -1.09. The van der Waals surface area contributed by atoms with E-state index in [1.165, 1.54) is 7.11 Å². The van der Waals surface area contributed by atoms with E-state index in [1.54, 1.807) is 34.6 Å². The van der Waals surface area contributed by atoms with Crippen LogP contribution in [-0.4, -0.2) is 30.3 Å². The molecule has 0 saturated carbocycles. The highest BCUT2D eigenvalue weighted by Gasteiger charge is 2.50. The molecule has 1 atom stereocenters. The Labute approximate surface area is 101 Å². The van der Waals surface area contributed by atoms with Crippen LogP contribution >= 0.6 is 0 Å². The Morgan fingerprint density at radius 3 is 2.12 bits per heavy atom. The largest absolute Gasteiger partial charge is 0.456 e. The molecule has 5 nitrogen and oxygen atoms in total. The lowest BCUT2D eigenvalue weighted by Crippen LogP contribution is -2.55. The van der Waals surface area contributed by atoms with Gasteiger partial charge in [0, 0.05) is 12.7 Å². The van der Waals surface area contributed by atoms with E-state index in [9.17, 15) is 9.59 Å². The second-order valence-electron chi connectivity index (χ2n) is 5.09. The quantitative estimate of drug-likeness (QED) is 0.736. The average Bonchev–Trinajstić information content (AvgIpc) is 2.41. The average molecular weight is 241 g/mol. The van der Waals surface area contributed by atoms with Gasteiger partial charge in [-0.15, -0.1) is 0 Å². The number of rotatable bonds is 2. The maximum absolute atomic E-state index is 12.1. The lowest BCUT2D eigenvalue weighted by atomic mass is 10.0. The number of methoxy groups -OCH3 is 1. The smallest absolute Gasteiger partial charge is 0.365 e. The van der Waals surface area contributed by atoms with Crippen molar-refractivity contribution < 1.29 is 19.1 Å². The normalized spacial score (nSPS) is 24.9. The molecule has 1 amide bonds. The third-order valence-corrected chi connectivity index (χ3v) is 2.71. The Kier molecular flexibility index (Phi) is 3.34. The van der Waals surface area contributed by atoms with E-state index in [1.807, 2.05) is 0 Å². The zero-order valence-electron chi connectivity index (χ0n) is 11.1. The molecule has 0 bridgehead atoms. The van der Waals surface area contributed by atoms with Gasteiger partial charge in [-0.3, -0.25) is 4.79 Å². The van der Waals surface area contributed by atoms with Gasteiger partial charge in [-0.25, -0.2) is 4.79 Å². The van der Waals surface area contributed by atoms with Crippen LogP contribution in [-0.2, 0) is 19.1 Å². The molecule has 1 heterocycles. The minimum absolute atomic E-state index is 0.310. The van der Waals surface area contributed by atoms with Crippen LogP contribution in [0.15, 0.2) is 11.1 Å². The molecule has 0 aromatic rings. The van der Waals surface area contributed by atoms with Gasteiger partial charge in [-0.2, -0.15) is 0 Å². The third-order valence-electron chi connectivity index (χ3n) is 2.71. The van der Waals surface area contributed by atoms with E-state index >= 15 is 0 Å². The number of amides is 1. The van der Waals surface area contributed by atoms with Crippen LogP contribution in [0.2, 0.25) is 0 Å². The molecule has 0 aromatic heterocycles. The van der Waals surface area contributed by atoms with Crippen LogP contribution in [0.4, 0.5) is 0 Å². The Balaban J connectivity index is 3.08. The standard InChI is InChI=1S/C12H19NO4/c1-7-8(2)12(16-6,13-9(7)14)10(15)17-11(3,4)5/h1-6H3,(H,13,14). The van der Waals surface area contributed by atoms with Crippen molar-refractivity contribution in [1.29, 1.82) is 0 Å². The van der Waals surface area contributed by atoms with Crippen molar-refractivity contribution in [3.05, 3.63) is 11.1 Å². The van der Waals surface area contributed by atoms with Crippen LogP contribution in [0.5, 0.6) is 0 Å². The van der Waals surface area contributed by atoms with E-state index in [4.69, 9.17) is 9.47 Å². The van der Waals surface area contributed by atoms with Crippen LogP contribution in [0.1, 0.15) is 34.6 Å². The SMILES string of the molecule is COC1(C(=O)OC(C)(C)C)NC(=O)C(C)=C1C. The molecule has 1 unspecified atom stereocenters. The summed E-state index contributed by atoms with van der Waals surface area (Å²) in [5, 5.41) is 2.53. The van der Waals surface area contributed by atoms with Gasteiger partial charge >= 0.3 is 5.97 Å². The fourth-order valence-corrected chi connectivity index (χ4v) is 1.62. The number of carbonyl (C=O) groups excluding carboxylic acids is 2. The molecule has 17 heavy (non-hydrogen) atoms. The molecule has 0 fully saturated rings. The van der Waals surface area contributed by atoms with Crippen molar-refractivity contribution in [2.75, 3.05) is 7.11 Å². The second kappa shape index (κ2) is 4.14. The first-order valence-electron chi connectivity index (χ1n) is 5.43. The molecule has 1 aliphatic heterocycles. The molecule has 1 aliphatic rings. The number of ether oxygens (including phenoxy) is 2. The Bertz CT molecular complexity index is 392. The lowest BCUT2D eigenvalue weighted by Gasteiger charge is -2.31. The highest BCUT2D eigenvalue weighted by molar-refractivity contribution is 6.04. The minimum Gasteiger partial charge on any atom is -0.456 e. The molecule has 5 heteroatoms. The first-order valence-corrected chi connectivity index (χ1v) is 5.43. The number of nitrogens with one attached hydrogen (secondary N) is 1. The van der Waals surface area contributed by atoms with Crippen molar-refractivity contribution in [3.8, 4) is 0 Å². The van der Waals surface area contributed by atoms with Crippen LogP contribution < -0.4 is 5.32 Å². The van der Waals surface area contributed by atoms with Gasteiger partial charge in [0.15, 0.2) is 0 Å². The van der Waals surface area contributed by atoms with E-state index in [2.05, 4.69) is 5.32 Å². The maximum atomic E-state index is 12.1. The van der Waals surface area contributed by atoms with E-state index < -0.39 is 17.3 Å². The number of hydrogen-bond acceptors (Lipinski definition) is 4. The monoisotopic (exact) mass is 241 g/mol. The molecule has 1 N–H and O–H groups in total. The van der Waals surface area contributed by atoms with Gasteiger partial charge in [0.05, 0.1) is 0 Å². The highest BCUT2D eigenvalue weighted by Crippen LogP contribution is 2.30. The molecule has 1 rings (SSSR count). The maximum Gasteiger partial charge on any atom is 0.365 e. The van der Waals surface area contributed by atoms with Gasteiger partial charge in [-0.05, 0) is 40.2 Å². The fourth-order valence-electron chi connectivity index (χ4n) is 1.62. The predicted octanol–water partition coefficient (Wildman–Crippen LogP) is 1.14. The molecule has 96 valence electrons. The van der Waals surface area contributed by atoms with Crippen molar-refractivity contribution in [3.63, 3.8) is 0 Å². The fraction of sp³-hybridized carbons (Fsp3) is 0.667. The van der Waals surface area contributed by atoms with Crippen LogP contribution in [0.3, 0.4) is 0 Å². The molecule has 0 saturated heterocycles. The summed E-state index contributed by atoms with van der Waals surface area (Å²) in [7, 11) is 1.37. The predicted molar refractivity (Wildman–Crippen MR) is 62.1 cm³/mol. The zero-order chi connectivity index (χ0) is 13.4. The van der Waals surface area contributed by atoms with Gasteiger partial charge in [0.25, 0.3) is 5.72 Å². The summed E-state index contributed by atoms with van der Waals surface area (Å²) in [6.07, 6.45) is 0. The third kappa shape index (κ3) is 2.34. The van der Waals surface area contributed by atoms with E-state index in [0.29, 0.717) is 11.1 Å². The summed E-state index contributed by atoms with van der Waals surface area (Å²) in [4.78, 5) is 23.7. The summed E-state index contributed by atoms with van der Waals surface area (Å²) >= 11 is 0. The highest BCUT2D eigenvalue weighted by atomic mass is 16.6. The molecular weight excluding hydrogens is 222 g/mol. The van der Waals surface area contributed by atoms with Crippen LogP contribution in [0.25, 0.3) is 0 Å². The first kappa shape index (κ1) is 13.7. The summed E-state index contributed by atoms with van der Waals surface area (Å²) in [5.74, 6) is -0.912. The van der Waals surface area contributed by atoms with Gasteiger partial charge in [0.1, 0.15) is 5.60 Å². The van der Waals surface area contributed by atoms with Gasteiger partial charge in [-0.1, -0.05) is 0 Å². The number of esters is 1. The summed E-state index contributed by atoms with van der Waals surface area (Å²) < 4.78 is 10.5. The Hall–Kier alpha value is -1.36. The zero-order valence-corrected chi connectivity index (χ0v) is 11.1. The topological polar surface area (TPSA) is 64.6 Å². The molecular formula is C12H19NO4. The van der Waals surface area contributed by atoms with Gasteiger partial charge < -0.3 is 14.8 Å².